The Morgan fingerprint density at radius 3 is 1.95 bits per heavy atom. The summed E-state index contributed by atoms with van der Waals surface area (Å²) in [5.74, 6) is 1.05. The maximum atomic E-state index is 12.7. The van der Waals surface area contributed by atoms with Gasteiger partial charge < -0.3 is 9.47 Å². The van der Waals surface area contributed by atoms with Crippen molar-refractivity contribution in [3.05, 3.63) is 131 Å². The van der Waals surface area contributed by atoms with Gasteiger partial charge >= 0.3 is 0 Å². The van der Waals surface area contributed by atoms with Crippen LogP contribution in [-0.4, -0.2) is 54.7 Å². The zero-order valence-corrected chi connectivity index (χ0v) is 24.1. The molecule has 7 heteroatoms. The van der Waals surface area contributed by atoms with Gasteiger partial charge in [0.15, 0.2) is 11.5 Å². The second-order valence-electron chi connectivity index (χ2n) is 10.3. The van der Waals surface area contributed by atoms with Crippen LogP contribution in [0.1, 0.15) is 39.5 Å². The summed E-state index contributed by atoms with van der Waals surface area (Å²) in [4.78, 5) is 17.7. The first-order valence-corrected chi connectivity index (χ1v) is 14.5. The molecule has 1 aliphatic rings. The number of piperazine rings is 1. The highest BCUT2D eigenvalue weighted by Gasteiger charge is 2.17. The van der Waals surface area contributed by atoms with E-state index in [0.29, 0.717) is 30.3 Å². The molecule has 4 aromatic carbocycles. The van der Waals surface area contributed by atoms with Crippen LogP contribution >= 0.6 is 0 Å². The van der Waals surface area contributed by atoms with E-state index in [4.69, 9.17) is 9.47 Å². The zero-order valence-electron chi connectivity index (χ0n) is 24.1. The van der Waals surface area contributed by atoms with Crippen LogP contribution in [0.4, 0.5) is 0 Å². The van der Waals surface area contributed by atoms with E-state index in [1.54, 1.807) is 6.21 Å². The molecule has 7 nitrogen and oxygen atoms in total. The monoisotopic (exact) mass is 562 g/mol. The molecule has 216 valence electrons. The van der Waals surface area contributed by atoms with Crippen molar-refractivity contribution in [3.8, 4) is 11.5 Å². The van der Waals surface area contributed by atoms with Crippen molar-refractivity contribution >= 4 is 12.1 Å². The third kappa shape index (κ3) is 8.52. The molecule has 0 aliphatic carbocycles. The molecule has 42 heavy (non-hydrogen) atoms. The van der Waals surface area contributed by atoms with Gasteiger partial charge in [-0.1, -0.05) is 72.8 Å². The van der Waals surface area contributed by atoms with Crippen molar-refractivity contribution in [3.63, 3.8) is 0 Å². The molecule has 0 aromatic heterocycles. The topological polar surface area (TPSA) is 66.4 Å². The lowest BCUT2D eigenvalue weighted by Crippen LogP contribution is -2.45. The largest absolute Gasteiger partial charge is 0.490 e. The average Bonchev–Trinajstić information content (AvgIpc) is 3.03. The molecule has 5 rings (SSSR count). The second kappa shape index (κ2) is 15.0. The number of nitrogens with zero attached hydrogens (tertiary/aromatic N) is 3. The first-order chi connectivity index (χ1) is 20.7. The van der Waals surface area contributed by atoms with Crippen LogP contribution in [0.3, 0.4) is 0 Å². The smallest absolute Gasteiger partial charge is 0.271 e. The molecular weight excluding hydrogens is 524 g/mol. The minimum Gasteiger partial charge on any atom is -0.490 e. The number of hydrogen-bond donors (Lipinski definition) is 1. The lowest BCUT2D eigenvalue weighted by molar-refractivity contribution is 0.0955. The molecule has 0 spiro atoms. The van der Waals surface area contributed by atoms with Crippen molar-refractivity contribution in [2.45, 2.75) is 26.6 Å². The number of hydrogen-bond acceptors (Lipinski definition) is 6. The Bertz CT molecular complexity index is 1430. The maximum Gasteiger partial charge on any atom is 0.271 e. The van der Waals surface area contributed by atoms with E-state index in [0.717, 1.165) is 50.4 Å². The normalized spacial score (nSPS) is 14.1. The van der Waals surface area contributed by atoms with Gasteiger partial charge in [-0.3, -0.25) is 14.6 Å². The second-order valence-corrected chi connectivity index (χ2v) is 10.3. The molecule has 0 saturated carbocycles. The number of rotatable bonds is 12. The summed E-state index contributed by atoms with van der Waals surface area (Å²) in [6.07, 6.45) is 1.60. The molecule has 1 saturated heterocycles. The van der Waals surface area contributed by atoms with Crippen LogP contribution in [0.25, 0.3) is 0 Å². The molecule has 0 bridgehead atoms. The van der Waals surface area contributed by atoms with Crippen LogP contribution in [0.2, 0.25) is 0 Å². The van der Waals surface area contributed by atoms with Crippen LogP contribution in [0.15, 0.2) is 108 Å². The number of amides is 1. The number of benzene rings is 4. The van der Waals surface area contributed by atoms with E-state index < -0.39 is 0 Å². The van der Waals surface area contributed by atoms with Gasteiger partial charge in [-0.25, -0.2) is 5.43 Å². The van der Waals surface area contributed by atoms with E-state index in [2.05, 4.69) is 50.7 Å². The third-order valence-corrected chi connectivity index (χ3v) is 7.22. The summed E-state index contributed by atoms with van der Waals surface area (Å²) in [5.41, 5.74) is 7.64. The first-order valence-electron chi connectivity index (χ1n) is 14.5. The van der Waals surface area contributed by atoms with Crippen molar-refractivity contribution in [1.82, 2.24) is 15.2 Å². The van der Waals surface area contributed by atoms with Crippen LogP contribution in [0.5, 0.6) is 11.5 Å². The number of ether oxygens (including phenoxy) is 2. The van der Waals surface area contributed by atoms with Gasteiger partial charge in [-0.05, 0) is 59.5 Å². The van der Waals surface area contributed by atoms with E-state index in [1.165, 1.54) is 11.1 Å². The molecule has 1 aliphatic heterocycles. The van der Waals surface area contributed by atoms with Crippen molar-refractivity contribution in [2.24, 2.45) is 5.10 Å². The minimum atomic E-state index is -0.250. The highest BCUT2D eigenvalue weighted by molar-refractivity contribution is 5.95. The highest BCUT2D eigenvalue weighted by atomic mass is 16.5. The Hall–Kier alpha value is -4.46. The standard InChI is InChI=1S/C35H38N4O3/c1-2-41-34-23-31(15-18-33(34)42-27-30-11-7-4-8-12-30)24-36-37-35(40)32-16-13-29(14-17-32)26-39-21-19-38(20-22-39)25-28-9-5-3-6-10-28/h3-18,23-24H,2,19-22,25-27H2,1H3,(H,37,40)/b36-24-. The molecule has 4 aromatic rings. The Labute approximate surface area is 248 Å². The average molecular weight is 563 g/mol. The summed E-state index contributed by atoms with van der Waals surface area (Å²) in [6.45, 7) is 8.97. The van der Waals surface area contributed by atoms with Crippen molar-refractivity contribution in [2.75, 3.05) is 32.8 Å². The quantitative estimate of drug-likeness (QED) is 0.176. The number of carbonyl (C=O) groups is 1. The van der Waals surface area contributed by atoms with Gasteiger partial charge in [0, 0.05) is 44.8 Å². The van der Waals surface area contributed by atoms with Crippen LogP contribution < -0.4 is 14.9 Å². The van der Waals surface area contributed by atoms with Gasteiger partial charge in [0.25, 0.3) is 5.91 Å². The molecular formula is C35H38N4O3. The molecule has 0 radical (unpaired) electrons. The number of hydrazone groups is 1. The highest BCUT2D eigenvalue weighted by Crippen LogP contribution is 2.29. The molecule has 0 unspecified atom stereocenters. The van der Waals surface area contributed by atoms with Crippen LogP contribution in [-0.2, 0) is 19.7 Å². The summed E-state index contributed by atoms with van der Waals surface area (Å²) < 4.78 is 11.7. The van der Waals surface area contributed by atoms with E-state index >= 15 is 0 Å². The first kappa shape index (κ1) is 29.0. The molecule has 0 atom stereocenters. The third-order valence-electron chi connectivity index (χ3n) is 7.22. The molecule has 1 heterocycles. The van der Waals surface area contributed by atoms with Crippen molar-refractivity contribution < 1.29 is 14.3 Å². The van der Waals surface area contributed by atoms with Gasteiger partial charge in [-0.2, -0.15) is 5.10 Å². The van der Waals surface area contributed by atoms with E-state index in [-0.39, 0.29) is 5.91 Å². The Morgan fingerprint density at radius 2 is 1.33 bits per heavy atom. The number of carbonyl (C=O) groups excluding carboxylic acids is 1. The van der Waals surface area contributed by atoms with Crippen LogP contribution in [0, 0.1) is 0 Å². The van der Waals surface area contributed by atoms with E-state index in [9.17, 15) is 4.79 Å². The predicted molar refractivity (Wildman–Crippen MR) is 167 cm³/mol. The fraction of sp³-hybridized carbons (Fsp3) is 0.257. The van der Waals surface area contributed by atoms with Gasteiger partial charge in [0.2, 0.25) is 0 Å². The molecule has 1 N–H and O–H groups in total. The Morgan fingerprint density at radius 1 is 0.738 bits per heavy atom. The molecule has 1 amide bonds. The summed E-state index contributed by atoms with van der Waals surface area (Å²) >= 11 is 0. The Kier molecular flexibility index (Phi) is 10.3. The molecule has 1 fully saturated rings. The zero-order chi connectivity index (χ0) is 29.0. The van der Waals surface area contributed by atoms with Crippen molar-refractivity contribution in [1.29, 1.82) is 0 Å². The van der Waals surface area contributed by atoms with Gasteiger partial charge in [0.05, 0.1) is 12.8 Å². The Balaban J connectivity index is 1.08. The summed E-state index contributed by atoms with van der Waals surface area (Å²) in [6, 6.07) is 34.0. The van der Waals surface area contributed by atoms with E-state index in [1.807, 2.05) is 79.7 Å². The summed E-state index contributed by atoms with van der Waals surface area (Å²) in [7, 11) is 0. The maximum absolute atomic E-state index is 12.7. The fourth-order valence-electron chi connectivity index (χ4n) is 4.92. The predicted octanol–water partition coefficient (Wildman–Crippen LogP) is 5.75. The lowest BCUT2D eigenvalue weighted by atomic mass is 10.1. The SMILES string of the molecule is CCOc1cc(/C=N\NC(=O)c2ccc(CN3CCN(Cc4ccccc4)CC3)cc2)ccc1OCc1ccccc1. The van der Waals surface area contributed by atoms with Gasteiger partial charge in [0.1, 0.15) is 6.61 Å². The minimum absolute atomic E-state index is 0.250. The summed E-state index contributed by atoms with van der Waals surface area (Å²) in [5, 5.41) is 4.16. The fourth-order valence-corrected chi connectivity index (χ4v) is 4.92. The number of nitrogens with one attached hydrogen (secondary N) is 1. The lowest BCUT2D eigenvalue weighted by Gasteiger charge is -2.34. The van der Waals surface area contributed by atoms with Gasteiger partial charge in [-0.15, -0.1) is 0 Å².